The van der Waals surface area contributed by atoms with Crippen LogP contribution in [0.2, 0.25) is 0 Å². The van der Waals surface area contributed by atoms with E-state index in [1.165, 1.54) is 180 Å². The van der Waals surface area contributed by atoms with Gasteiger partial charge < -0.3 is 33.8 Å². The summed E-state index contributed by atoms with van der Waals surface area (Å²) < 4.78 is 68.1. The molecular weight excluding hydrogens is 1200 g/mol. The molecule has 0 rings (SSSR count). The van der Waals surface area contributed by atoms with Crippen molar-refractivity contribution in [1.29, 1.82) is 0 Å². The average Bonchev–Trinajstić information content (AvgIpc) is 3.71. The Kier molecular flexibility index (Phi) is 62.7. The van der Waals surface area contributed by atoms with E-state index in [-0.39, 0.29) is 25.7 Å². The third-order valence-electron chi connectivity index (χ3n) is 17.4. The second kappa shape index (κ2) is 64.1. The molecule has 0 aromatic heterocycles. The van der Waals surface area contributed by atoms with Crippen LogP contribution >= 0.6 is 15.6 Å². The number of phosphoric acid groups is 2. The van der Waals surface area contributed by atoms with Crippen LogP contribution in [0.4, 0.5) is 0 Å². The van der Waals surface area contributed by atoms with E-state index in [1.807, 2.05) is 0 Å². The van der Waals surface area contributed by atoms with Gasteiger partial charge in [0.1, 0.15) is 19.3 Å². The summed E-state index contributed by atoms with van der Waals surface area (Å²) in [5.41, 5.74) is 0. The van der Waals surface area contributed by atoms with Crippen LogP contribution in [-0.2, 0) is 65.4 Å². The first-order chi connectivity index (χ1) is 43.9. The van der Waals surface area contributed by atoms with Crippen LogP contribution in [-0.4, -0.2) is 96.7 Å². The number of ether oxygens (including phenoxy) is 4. The number of unbranched alkanes of at least 4 members (excludes halogenated alkanes) is 39. The van der Waals surface area contributed by atoms with Crippen molar-refractivity contribution in [3.8, 4) is 0 Å². The molecule has 0 heterocycles. The lowest BCUT2D eigenvalue weighted by Gasteiger charge is -2.21. The quantitative estimate of drug-likeness (QED) is 0.0222. The molecule has 3 N–H and O–H groups in total. The van der Waals surface area contributed by atoms with Crippen LogP contribution < -0.4 is 0 Å². The van der Waals surface area contributed by atoms with Crippen LogP contribution in [0.25, 0.3) is 0 Å². The number of aliphatic hydroxyl groups excluding tert-OH is 1. The van der Waals surface area contributed by atoms with Crippen LogP contribution in [0.15, 0.2) is 0 Å². The summed E-state index contributed by atoms with van der Waals surface area (Å²) in [6.07, 6.45) is 50.4. The molecule has 19 heteroatoms. The van der Waals surface area contributed by atoms with E-state index in [0.29, 0.717) is 25.7 Å². The van der Waals surface area contributed by atoms with Gasteiger partial charge in [0.05, 0.1) is 26.4 Å². The van der Waals surface area contributed by atoms with Gasteiger partial charge in [0, 0.05) is 25.7 Å². The largest absolute Gasteiger partial charge is 0.472 e. The Labute approximate surface area is 556 Å². The molecule has 0 saturated carbocycles. The topological polar surface area (TPSA) is 237 Å². The molecule has 0 aromatic carbocycles. The van der Waals surface area contributed by atoms with Crippen molar-refractivity contribution in [3.05, 3.63) is 0 Å². The number of carbonyl (C=O) groups excluding carboxylic acids is 4. The zero-order valence-electron chi connectivity index (χ0n) is 59.1. The fourth-order valence-corrected chi connectivity index (χ4v) is 12.5. The Bertz CT molecular complexity index is 1770. The van der Waals surface area contributed by atoms with Gasteiger partial charge in [-0.25, -0.2) is 9.13 Å². The number of carbonyl (C=O) groups is 4. The molecule has 0 amide bonds. The predicted octanol–water partition coefficient (Wildman–Crippen LogP) is 20.8. The lowest BCUT2D eigenvalue weighted by molar-refractivity contribution is -0.161. The average molecular weight is 1340 g/mol. The van der Waals surface area contributed by atoms with Crippen molar-refractivity contribution in [2.24, 2.45) is 11.8 Å². The normalized spacial score (nSPS) is 14.7. The molecule has 0 aliphatic rings. The minimum Gasteiger partial charge on any atom is -0.462 e. The highest BCUT2D eigenvalue weighted by atomic mass is 31.2. The second-order valence-electron chi connectivity index (χ2n) is 26.5. The number of aliphatic hydroxyl groups is 1. The molecule has 0 radical (unpaired) electrons. The molecule has 0 saturated heterocycles. The van der Waals surface area contributed by atoms with Gasteiger partial charge in [-0.3, -0.25) is 37.3 Å². The molecule has 91 heavy (non-hydrogen) atoms. The van der Waals surface area contributed by atoms with Crippen LogP contribution in [0.5, 0.6) is 0 Å². The van der Waals surface area contributed by atoms with E-state index in [4.69, 9.17) is 37.0 Å². The van der Waals surface area contributed by atoms with E-state index < -0.39 is 97.5 Å². The van der Waals surface area contributed by atoms with Gasteiger partial charge in [-0.05, 0) is 37.5 Å². The lowest BCUT2D eigenvalue weighted by atomic mass is 9.99. The molecule has 7 atom stereocenters. The minimum absolute atomic E-state index is 0.102. The van der Waals surface area contributed by atoms with E-state index in [9.17, 15) is 43.2 Å². The van der Waals surface area contributed by atoms with Crippen LogP contribution in [0.1, 0.15) is 369 Å². The maximum Gasteiger partial charge on any atom is 0.472 e. The molecule has 0 aromatic rings. The summed E-state index contributed by atoms with van der Waals surface area (Å²) >= 11 is 0. The maximum absolute atomic E-state index is 13.0. The highest BCUT2D eigenvalue weighted by Gasteiger charge is 2.30. The van der Waals surface area contributed by atoms with Crippen molar-refractivity contribution in [2.75, 3.05) is 39.6 Å². The minimum atomic E-state index is -4.95. The molecule has 0 spiro atoms. The third-order valence-corrected chi connectivity index (χ3v) is 19.3. The molecule has 0 aliphatic carbocycles. The highest BCUT2D eigenvalue weighted by Crippen LogP contribution is 2.45. The van der Waals surface area contributed by atoms with Gasteiger partial charge in [0.2, 0.25) is 0 Å². The van der Waals surface area contributed by atoms with Gasteiger partial charge in [0.15, 0.2) is 12.2 Å². The maximum atomic E-state index is 13.0. The smallest absolute Gasteiger partial charge is 0.462 e. The van der Waals surface area contributed by atoms with Gasteiger partial charge in [0.25, 0.3) is 0 Å². The third kappa shape index (κ3) is 63.9. The Morgan fingerprint density at radius 2 is 0.527 bits per heavy atom. The summed E-state index contributed by atoms with van der Waals surface area (Å²) in [5, 5.41) is 10.6. The summed E-state index contributed by atoms with van der Waals surface area (Å²) in [5.74, 6) is -0.569. The van der Waals surface area contributed by atoms with Gasteiger partial charge in [-0.15, -0.1) is 0 Å². The SMILES string of the molecule is CCCCCCCCCCCCCCCCCCCCC(=O)OC[C@H](COP(=O)(O)OC[C@@H](O)COP(=O)(O)OC[C@@H](COC(=O)CCCCCCC)OC(=O)CCCCCCCCC(C)CC)OC(=O)CCCCCCCCCCCCCCCCC(C)CC. The number of esters is 4. The molecule has 0 fully saturated rings. The van der Waals surface area contributed by atoms with E-state index >= 15 is 0 Å². The van der Waals surface area contributed by atoms with E-state index in [2.05, 4.69) is 41.5 Å². The molecular formula is C72H140O17P2. The zero-order valence-corrected chi connectivity index (χ0v) is 60.9. The van der Waals surface area contributed by atoms with Crippen molar-refractivity contribution in [3.63, 3.8) is 0 Å². The number of hydrogen-bond donors (Lipinski definition) is 3. The fourth-order valence-electron chi connectivity index (χ4n) is 10.9. The van der Waals surface area contributed by atoms with Crippen molar-refractivity contribution < 1.29 is 80.2 Å². The first-order valence-electron chi connectivity index (χ1n) is 37.6. The first-order valence-corrected chi connectivity index (χ1v) is 40.6. The highest BCUT2D eigenvalue weighted by molar-refractivity contribution is 7.47. The van der Waals surface area contributed by atoms with Gasteiger partial charge in [-0.1, -0.05) is 318 Å². The van der Waals surface area contributed by atoms with Crippen molar-refractivity contribution in [1.82, 2.24) is 0 Å². The summed E-state index contributed by atoms with van der Waals surface area (Å²) in [6.45, 7) is 9.48. The molecule has 540 valence electrons. The summed E-state index contributed by atoms with van der Waals surface area (Å²) in [6, 6.07) is 0. The Morgan fingerprint density at radius 1 is 0.308 bits per heavy atom. The monoisotopic (exact) mass is 1340 g/mol. The van der Waals surface area contributed by atoms with Crippen LogP contribution in [0.3, 0.4) is 0 Å². The molecule has 0 bridgehead atoms. The number of hydrogen-bond acceptors (Lipinski definition) is 15. The number of rotatable bonds is 71. The van der Waals surface area contributed by atoms with E-state index in [0.717, 1.165) is 108 Å². The molecule has 4 unspecified atom stereocenters. The molecule has 17 nitrogen and oxygen atoms in total. The second-order valence-corrected chi connectivity index (χ2v) is 29.4. The fraction of sp³-hybridized carbons (Fsp3) is 0.944. The van der Waals surface area contributed by atoms with Gasteiger partial charge in [-0.2, -0.15) is 0 Å². The Morgan fingerprint density at radius 3 is 0.780 bits per heavy atom. The summed E-state index contributed by atoms with van der Waals surface area (Å²) in [7, 11) is -9.89. The number of phosphoric ester groups is 2. The van der Waals surface area contributed by atoms with Crippen LogP contribution in [0, 0.1) is 11.8 Å². The van der Waals surface area contributed by atoms with Crippen molar-refractivity contribution in [2.45, 2.75) is 387 Å². The standard InChI is InChI=1S/C72H140O17P2/c1-7-11-13-15-16-17-18-19-20-21-22-23-27-30-33-36-43-49-55-70(75)83-61-68(88-71(76)56-50-44-37-34-31-28-25-24-26-29-32-35-41-46-52-64(5)9-3)63-87-91(80,81)85-59-66(73)58-84-90(78,79)86-62-67(60-82-69(74)54-48-40-14-12-8-2)89-72(77)57-51-45-39-38-42-47-53-65(6)10-4/h64-68,73H,7-63H2,1-6H3,(H,78,79)(H,80,81)/t64?,65?,66-,67+,68+/m0/s1. The Balaban J connectivity index is 5.14. The first kappa shape index (κ1) is 89.1. The zero-order chi connectivity index (χ0) is 67.2. The van der Waals surface area contributed by atoms with Gasteiger partial charge >= 0.3 is 39.5 Å². The lowest BCUT2D eigenvalue weighted by Crippen LogP contribution is -2.30. The summed E-state index contributed by atoms with van der Waals surface area (Å²) in [4.78, 5) is 72.3. The molecule has 0 aliphatic heterocycles. The van der Waals surface area contributed by atoms with Crippen molar-refractivity contribution >= 4 is 39.5 Å². The van der Waals surface area contributed by atoms with E-state index in [1.54, 1.807) is 0 Å². The predicted molar refractivity (Wildman–Crippen MR) is 368 cm³/mol. The Hall–Kier alpha value is -1.94.